The highest BCUT2D eigenvalue weighted by atomic mass is 16.6. The quantitative estimate of drug-likeness (QED) is 0.414. The van der Waals surface area contributed by atoms with Crippen molar-refractivity contribution in [2.75, 3.05) is 19.8 Å². The topological polar surface area (TPSA) is 90.9 Å². The van der Waals surface area contributed by atoms with Crippen molar-refractivity contribution in [1.82, 2.24) is 5.32 Å². The number of esters is 3. The molecule has 1 aliphatic heterocycles. The lowest BCUT2D eigenvalue weighted by molar-refractivity contribution is -0.163. The molecule has 0 aromatic carbocycles. The molecular formula is C14H23NO6. The van der Waals surface area contributed by atoms with E-state index in [1.165, 1.54) is 6.92 Å². The molecular weight excluding hydrogens is 278 g/mol. The van der Waals surface area contributed by atoms with Crippen molar-refractivity contribution in [3.8, 4) is 0 Å². The molecule has 1 rings (SSSR count). The molecule has 1 N–H and O–H groups in total. The Morgan fingerprint density at radius 1 is 1.05 bits per heavy atom. The second kappa shape index (κ2) is 8.61. The molecule has 7 nitrogen and oxygen atoms in total. The van der Waals surface area contributed by atoms with Crippen LogP contribution in [0.2, 0.25) is 0 Å². The molecule has 2 atom stereocenters. The summed E-state index contributed by atoms with van der Waals surface area (Å²) < 4.78 is 14.8. The summed E-state index contributed by atoms with van der Waals surface area (Å²) in [6.45, 7) is 5.35. The third-order valence-electron chi connectivity index (χ3n) is 3.25. The summed E-state index contributed by atoms with van der Waals surface area (Å²) in [6, 6.07) is -0.422. The lowest BCUT2D eigenvalue weighted by atomic mass is 9.98. The summed E-state index contributed by atoms with van der Waals surface area (Å²) in [7, 11) is 0. The van der Waals surface area contributed by atoms with Crippen LogP contribution in [0.1, 0.15) is 33.6 Å². The van der Waals surface area contributed by atoms with Crippen LogP contribution < -0.4 is 5.32 Å². The number of carbonyl (C=O) groups excluding carboxylic acids is 3. The van der Waals surface area contributed by atoms with Gasteiger partial charge in [0, 0.05) is 19.0 Å². The van der Waals surface area contributed by atoms with Gasteiger partial charge in [-0.15, -0.1) is 0 Å². The molecule has 1 heterocycles. The fraction of sp³-hybridized carbons (Fsp3) is 0.786. The van der Waals surface area contributed by atoms with Crippen LogP contribution in [0.3, 0.4) is 0 Å². The summed E-state index contributed by atoms with van der Waals surface area (Å²) >= 11 is 0. The fourth-order valence-corrected chi connectivity index (χ4v) is 2.35. The van der Waals surface area contributed by atoms with Gasteiger partial charge >= 0.3 is 17.9 Å². The third kappa shape index (κ3) is 5.34. The first kappa shape index (κ1) is 17.4. The van der Waals surface area contributed by atoms with Crippen LogP contribution in [0.25, 0.3) is 0 Å². The Hall–Kier alpha value is -1.63. The average molecular weight is 301 g/mol. The van der Waals surface area contributed by atoms with Crippen LogP contribution in [0, 0.1) is 5.92 Å². The predicted molar refractivity (Wildman–Crippen MR) is 73.3 cm³/mol. The maximum Gasteiger partial charge on any atom is 0.321 e. The van der Waals surface area contributed by atoms with Gasteiger partial charge < -0.3 is 19.5 Å². The standard InChI is InChI=1S/C14H23NO6/c1-4-19-13(17)12(14(18)20-5-2)11-7-6-10(15-11)8-21-9(3)16/h10-12,15H,4-8H2,1-3H3/t10-,11?/m0/s1. The Morgan fingerprint density at radius 3 is 2.10 bits per heavy atom. The first-order chi connectivity index (χ1) is 9.99. The maximum absolute atomic E-state index is 12.0. The smallest absolute Gasteiger partial charge is 0.321 e. The zero-order valence-electron chi connectivity index (χ0n) is 12.7. The van der Waals surface area contributed by atoms with Crippen molar-refractivity contribution in [3.63, 3.8) is 0 Å². The normalized spacial score (nSPS) is 21.1. The molecule has 120 valence electrons. The minimum absolute atomic E-state index is 0.0646. The van der Waals surface area contributed by atoms with Crippen LogP contribution in [-0.2, 0) is 28.6 Å². The van der Waals surface area contributed by atoms with Crippen LogP contribution in [0.15, 0.2) is 0 Å². The van der Waals surface area contributed by atoms with Crippen LogP contribution >= 0.6 is 0 Å². The van der Waals surface area contributed by atoms with Crippen LogP contribution in [0.5, 0.6) is 0 Å². The fourth-order valence-electron chi connectivity index (χ4n) is 2.35. The zero-order valence-corrected chi connectivity index (χ0v) is 12.7. The highest BCUT2D eigenvalue weighted by molar-refractivity contribution is 5.95. The zero-order chi connectivity index (χ0) is 15.8. The summed E-state index contributed by atoms with van der Waals surface area (Å²) in [5.41, 5.74) is 0. The maximum atomic E-state index is 12.0. The number of nitrogens with one attached hydrogen (secondary N) is 1. The van der Waals surface area contributed by atoms with E-state index in [9.17, 15) is 14.4 Å². The lowest BCUT2D eigenvalue weighted by Crippen LogP contribution is -2.45. The number of rotatable bonds is 7. The van der Waals surface area contributed by atoms with Crippen molar-refractivity contribution in [2.45, 2.75) is 45.7 Å². The first-order valence-electron chi connectivity index (χ1n) is 7.22. The van der Waals surface area contributed by atoms with Gasteiger partial charge in [0.1, 0.15) is 6.61 Å². The van der Waals surface area contributed by atoms with Gasteiger partial charge in [-0.25, -0.2) is 0 Å². The molecule has 1 unspecified atom stereocenters. The van der Waals surface area contributed by atoms with Crippen molar-refractivity contribution in [2.24, 2.45) is 5.92 Å². The SMILES string of the molecule is CCOC(=O)C(C(=O)OCC)C1CC[C@@H](COC(C)=O)N1. The molecule has 1 fully saturated rings. The number of hydrogen-bond donors (Lipinski definition) is 1. The Kier molecular flexibility index (Phi) is 7.14. The van der Waals surface area contributed by atoms with E-state index < -0.39 is 17.9 Å². The molecule has 0 spiro atoms. The molecule has 0 amide bonds. The van der Waals surface area contributed by atoms with Crippen molar-refractivity contribution < 1.29 is 28.6 Å². The molecule has 0 bridgehead atoms. The summed E-state index contributed by atoms with van der Waals surface area (Å²) in [6.07, 6.45) is 1.33. The lowest BCUT2D eigenvalue weighted by Gasteiger charge is -2.21. The van der Waals surface area contributed by atoms with Gasteiger partial charge in [0.25, 0.3) is 0 Å². The van der Waals surface area contributed by atoms with Gasteiger partial charge in [-0.05, 0) is 26.7 Å². The predicted octanol–water partition coefficient (Wildman–Crippen LogP) is 0.413. The second-order valence-electron chi connectivity index (χ2n) is 4.83. The molecule has 0 saturated carbocycles. The molecule has 0 aromatic heterocycles. The largest absolute Gasteiger partial charge is 0.465 e. The van der Waals surface area contributed by atoms with Gasteiger partial charge in [-0.2, -0.15) is 0 Å². The van der Waals surface area contributed by atoms with Gasteiger partial charge in [0.05, 0.1) is 13.2 Å². The second-order valence-corrected chi connectivity index (χ2v) is 4.83. The molecule has 0 radical (unpaired) electrons. The van der Waals surface area contributed by atoms with Crippen molar-refractivity contribution in [3.05, 3.63) is 0 Å². The van der Waals surface area contributed by atoms with E-state index in [4.69, 9.17) is 14.2 Å². The van der Waals surface area contributed by atoms with E-state index in [2.05, 4.69) is 5.32 Å². The minimum Gasteiger partial charge on any atom is -0.465 e. The van der Waals surface area contributed by atoms with Crippen LogP contribution in [0.4, 0.5) is 0 Å². The molecule has 0 aliphatic carbocycles. The minimum atomic E-state index is -0.979. The van der Waals surface area contributed by atoms with Gasteiger partial charge in [-0.1, -0.05) is 0 Å². The highest BCUT2D eigenvalue weighted by Crippen LogP contribution is 2.22. The first-order valence-corrected chi connectivity index (χ1v) is 7.22. The Labute approximate surface area is 124 Å². The molecule has 7 heteroatoms. The Balaban J connectivity index is 2.65. The number of hydrogen-bond acceptors (Lipinski definition) is 7. The monoisotopic (exact) mass is 301 g/mol. The number of carbonyl (C=O) groups is 3. The van der Waals surface area contributed by atoms with Crippen molar-refractivity contribution >= 4 is 17.9 Å². The van der Waals surface area contributed by atoms with E-state index in [-0.39, 0.29) is 37.9 Å². The van der Waals surface area contributed by atoms with Gasteiger partial charge in [-0.3, -0.25) is 14.4 Å². The molecule has 0 aromatic rings. The molecule has 21 heavy (non-hydrogen) atoms. The van der Waals surface area contributed by atoms with E-state index in [1.807, 2.05) is 0 Å². The summed E-state index contributed by atoms with van der Waals surface area (Å²) in [5.74, 6) is -2.50. The van der Waals surface area contributed by atoms with E-state index >= 15 is 0 Å². The Morgan fingerprint density at radius 2 is 1.62 bits per heavy atom. The molecule has 1 aliphatic rings. The molecule has 1 saturated heterocycles. The summed E-state index contributed by atoms with van der Waals surface area (Å²) in [5, 5.41) is 3.15. The van der Waals surface area contributed by atoms with E-state index in [0.29, 0.717) is 12.8 Å². The summed E-state index contributed by atoms with van der Waals surface area (Å²) in [4.78, 5) is 34.7. The van der Waals surface area contributed by atoms with E-state index in [1.54, 1.807) is 13.8 Å². The average Bonchev–Trinajstić information content (AvgIpc) is 2.86. The van der Waals surface area contributed by atoms with E-state index in [0.717, 1.165) is 0 Å². The number of ether oxygens (including phenoxy) is 3. The van der Waals surface area contributed by atoms with Gasteiger partial charge in [0.2, 0.25) is 0 Å². The van der Waals surface area contributed by atoms with Crippen LogP contribution in [-0.4, -0.2) is 49.8 Å². The third-order valence-corrected chi connectivity index (χ3v) is 3.25. The van der Waals surface area contributed by atoms with Gasteiger partial charge in [0.15, 0.2) is 5.92 Å². The Bertz CT molecular complexity index is 366. The highest BCUT2D eigenvalue weighted by Gasteiger charge is 2.41. The van der Waals surface area contributed by atoms with Crippen molar-refractivity contribution in [1.29, 1.82) is 0 Å².